The SMILES string of the molecule is CCOc1ccc(C(CNC(=O)c2ccccc2COc2ccccc2)N2CCOCC2)cc1OC. The molecule has 0 aliphatic carbocycles. The molecule has 1 N–H and O–H groups in total. The molecule has 0 aromatic heterocycles. The first-order valence-corrected chi connectivity index (χ1v) is 12.4. The van der Waals surface area contributed by atoms with Crippen molar-refractivity contribution < 1.29 is 23.7 Å². The van der Waals surface area contributed by atoms with Gasteiger partial charge in [-0.1, -0.05) is 42.5 Å². The minimum atomic E-state index is -0.126. The molecule has 1 atom stereocenters. The maximum absolute atomic E-state index is 13.3. The Labute approximate surface area is 212 Å². The van der Waals surface area contributed by atoms with Crippen LogP contribution in [0, 0.1) is 0 Å². The molecule has 1 unspecified atom stereocenters. The van der Waals surface area contributed by atoms with Crippen LogP contribution in [0.1, 0.15) is 34.5 Å². The van der Waals surface area contributed by atoms with E-state index in [9.17, 15) is 4.79 Å². The van der Waals surface area contributed by atoms with Gasteiger partial charge in [-0.2, -0.15) is 0 Å². The molecule has 3 aromatic rings. The summed E-state index contributed by atoms with van der Waals surface area (Å²) in [6.45, 7) is 6.18. The summed E-state index contributed by atoms with van der Waals surface area (Å²) >= 11 is 0. The summed E-state index contributed by atoms with van der Waals surface area (Å²) in [4.78, 5) is 15.6. The van der Waals surface area contributed by atoms with Crippen molar-refractivity contribution in [1.82, 2.24) is 10.2 Å². The molecule has 1 fully saturated rings. The number of nitrogens with one attached hydrogen (secondary N) is 1. The Hall–Kier alpha value is -3.55. The number of hydrogen-bond acceptors (Lipinski definition) is 6. The highest BCUT2D eigenvalue weighted by molar-refractivity contribution is 5.95. The number of benzene rings is 3. The molecular weight excluding hydrogens is 456 g/mol. The Morgan fingerprint density at radius 1 is 0.972 bits per heavy atom. The number of nitrogens with zero attached hydrogens (tertiary/aromatic N) is 1. The number of amides is 1. The Bertz CT molecular complexity index is 1120. The van der Waals surface area contributed by atoms with Gasteiger partial charge in [0.2, 0.25) is 0 Å². The minimum Gasteiger partial charge on any atom is -0.493 e. The van der Waals surface area contributed by atoms with Crippen LogP contribution < -0.4 is 19.5 Å². The highest BCUT2D eigenvalue weighted by Gasteiger charge is 2.25. The van der Waals surface area contributed by atoms with Crippen molar-refractivity contribution in [3.63, 3.8) is 0 Å². The summed E-state index contributed by atoms with van der Waals surface area (Å²) in [7, 11) is 1.64. The molecular formula is C29H34N2O5. The summed E-state index contributed by atoms with van der Waals surface area (Å²) in [6, 6.07) is 23.1. The predicted molar refractivity (Wildman–Crippen MR) is 139 cm³/mol. The van der Waals surface area contributed by atoms with Crippen LogP contribution in [0.15, 0.2) is 72.8 Å². The van der Waals surface area contributed by atoms with Gasteiger partial charge in [0, 0.05) is 30.8 Å². The van der Waals surface area contributed by atoms with E-state index in [0.717, 1.165) is 30.0 Å². The lowest BCUT2D eigenvalue weighted by Gasteiger charge is -2.35. The molecule has 1 heterocycles. The first-order chi connectivity index (χ1) is 17.7. The van der Waals surface area contributed by atoms with Gasteiger partial charge in [-0.25, -0.2) is 0 Å². The van der Waals surface area contributed by atoms with Crippen LogP contribution in [0.2, 0.25) is 0 Å². The molecule has 7 heteroatoms. The molecule has 1 saturated heterocycles. The number of carbonyl (C=O) groups excluding carboxylic acids is 1. The van der Waals surface area contributed by atoms with Crippen molar-refractivity contribution in [2.75, 3.05) is 46.6 Å². The lowest BCUT2D eigenvalue weighted by atomic mass is 10.0. The second-order valence-electron chi connectivity index (χ2n) is 8.48. The molecule has 36 heavy (non-hydrogen) atoms. The fourth-order valence-corrected chi connectivity index (χ4v) is 4.34. The number of morpholine rings is 1. The van der Waals surface area contributed by atoms with E-state index in [0.29, 0.717) is 50.0 Å². The Balaban J connectivity index is 1.50. The summed E-state index contributed by atoms with van der Waals surface area (Å²) < 4.78 is 22.7. The van der Waals surface area contributed by atoms with Crippen LogP contribution in [0.4, 0.5) is 0 Å². The number of hydrogen-bond donors (Lipinski definition) is 1. The minimum absolute atomic E-state index is 0.0323. The maximum Gasteiger partial charge on any atom is 0.251 e. The standard InChI is InChI=1S/C29H34N2O5/c1-3-35-27-14-13-22(19-28(27)33-2)26(31-15-17-34-18-16-31)20-30-29(32)25-12-8-7-9-23(25)21-36-24-10-5-4-6-11-24/h4-14,19,26H,3,15-18,20-21H2,1-2H3,(H,30,32). The van der Waals surface area contributed by atoms with E-state index in [4.69, 9.17) is 18.9 Å². The van der Waals surface area contributed by atoms with Crippen molar-refractivity contribution in [3.8, 4) is 17.2 Å². The average Bonchev–Trinajstić information content (AvgIpc) is 2.94. The zero-order chi connectivity index (χ0) is 25.2. The van der Waals surface area contributed by atoms with E-state index in [1.165, 1.54) is 0 Å². The third-order valence-electron chi connectivity index (χ3n) is 6.21. The van der Waals surface area contributed by atoms with Gasteiger partial charge in [-0.15, -0.1) is 0 Å². The van der Waals surface area contributed by atoms with Gasteiger partial charge in [0.05, 0.1) is 33.0 Å². The molecule has 1 aliphatic heterocycles. The van der Waals surface area contributed by atoms with Crippen LogP contribution in [0.5, 0.6) is 17.2 Å². The van der Waals surface area contributed by atoms with E-state index < -0.39 is 0 Å². The van der Waals surface area contributed by atoms with Crippen LogP contribution in [0.3, 0.4) is 0 Å². The highest BCUT2D eigenvalue weighted by Crippen LogP contribution is 2.32. The number of carbonyl (C=O) groups is 1. The smallest absolute Gasteiger partial charge is 0.251 e. The molecule has 0 bridgehead atoms. The third kappa shape index (κ3) is 6.56. The van der Waals surface area contributed by atoms with Gasteiger partial charge in [-0.05, 0) is 42.8 Å². The Kier molecular flexibility index (Phi) is 9.19. The van der Waals surface area contributed by atoms with Crippen molar-refractivity contribution in [2.24, 2.45) is 0 Å². The van der Waals surface area contributed by atoms with Crippen molar-refractivity contribution in [3.05, 3.63) is 89.5 Å². The molecule has 0 spiro atoms. The molecule has 1 aliphatic rings. The van der Waals surface area contributed by atoms with Crippen LogP contribution in [-0.2, 0) is 11.3 Å². The maximum atomic E-state index is 13.3. The van der Waals surface area contributed by atoms with Gasteiger partial charge in [0.25, 0.3) is 5.91 Å². The fourth-order valence-electron chi connectivity index (χ4n) is 4.34. The van der Waals surface area contributed by atoms with Crippen LogP contribution in [-0.4, -0.2) is 57.4 Å². The molecule has 1 amide bonds. The molecule has 0 radical (unpaired) electrons. The number of ether oxygens (including phenoxy) is 4. The largest absolute Gasteiger partial charge is 0.493 e. The summed E-state index contributed by atoms with van der Waals surface area (Å²) in [5.74, 6) is 2.03. The van der Waals surface area contributed by atoms with Gasteiger partial charge < -0.3 is 24.3 Å². The quantitative estimate of drug-likeness (QED) is 0.428. The first kappa shape index (κ1) is 25.5. The lowest BCUT2D eigenvalue weighted by Crippen LogP contribution is -2.44. The molecule has 190 valence electrons. The zero-order valence-corrected chi connectivity index (χ0v) is 20.9. The molecule has 7 nitrogen and oxygen atoms in total. The lowest BCUT2D eigenvalue weighted by molar-refractivity contribution is 0.0162. The number of methoxy groups -OCH3 is 1. The monoisotopic (exact) mass is 490 g/mol. The summed E-state index contributed by atoms with van der Waals surface area (Å²) in [6.07, 6.45) is 0. The van der Waals surface area contributed by atoms with E-state index in [1.807, 2.05) is 79.7 Å². The van der Waals surface area contributed by atoms with E-state index in [2.05, 4.69) is 10.2 Å². The van der Waals surface area contributed by atoms with Crippen LogP contribution >= 0.6 is 0 Å². The number of para-hydroxylation sites is 1. The molecule has 3 aromatic carbocycles. The van der Waals surface area contributed by atoms with Crippen molar-refractivity contribution in [2.45, 2.75) is 19.6 Å². The van der Waals surface area contributed by atoms with Gasteiger partial charge in [0.15, 0.2) is 11.5 Å². The van der Waals surface area contributed by atoms with Crippen molar-refractivity contribution in [1.29, 1.82) is 0 Å². The fraction of sp³-hybridized carbons (Fsp3) is 0.345. The van der Waals surface area contributed by atoms with E-state index in [1.54, 1.807) is 7.11 Å². The molecule has 4 rings (SSSR count). The normalized spacial score (nSPS) is 14.6. The number of rotatable bonds is 11. The second-order valence-corrected chi connectivity index (χ2v) is 8.48. The summed E-state index contributed by atoms with van der Waals surface area (Å²) in [5.41, 5.74) is 2.50. The molecule has 0 saturated carbocycles. The Morgan fingerprint density at radius 2 is 1.72 bits per heavy atom. The van der Waals surface area contributed by atoms with Crippen LogP contribution in [0.25, 0.3) is 0 Å². The first-order valence-electron chi connectivity index (χ1n) is 12.4. The highest BCUT2D eigenvalue weighted by atomic mass is 16.5. The average molecular weight is 491 g/mol. The third-order valence-corrected chi connectivity index (χ3v) is 6.21. The summed E-state index contributed by atoms with van der Waals surface area (Å²) in [5, 5.41) is 3.16. The van der Waals surface area contributed by atoms with E-state index >= 15 is 0 Å². The van der Waals surface area contributed by atoms with Gasteiger partial charge in [-0.3, -0.25) is 9.69 Å². The van der Waals surface area contributed by atoms with Crippen molar-refractivity contribution >= 4 is 5.91 Å². The van der Waals surface area contributed by atoms with E-state index in [-0.39, 0.29) is 11.9 Å². The Morgan fingerprint density at radius 3 is 2.47 bits per heavy atom. The predicted octanol–water partition coefficient (Wildman–Crippen LogP) is 4.48. The van der Waals surface area contributed by atoms with Gasteiger partial charge >= 0.3 is 0 Å². The second kappa shape index (κ2) is 13.0. The zero-order valence-electron chi connectivity index (χ0n) is 20.9. The van der Waals surface area contributed by atoms with Gasteiger partial charge in [0.1, 0.15) is 12.4 Å². The topological polar surface area (TPSA) is 69.3 Å².